The molecule has 14 heteroatoms. The number of hydrogen-bond acceptors (Lipinski definition) is 13. The first kappa shape index (κ1) is 28.1. The summed E-state index contributed by atoms with van der Waals surface area (Å²) in [5.41, 5.74) is 0. The van der Waals surface area contributed by atoms with Gasteiger partial charge in [-0.25, -0.2) is 0 Å². The van der Waals surface area contributed by atoms with Crippen LogP contribution in [-0.4, -0.2) is 103 Å². The van der Waals surface area contributed by atoms with Crippen molar-refractivity contribution in [2.24, 2.45) is 0 Å². The fourth-order valence-electron chi connectivity index (χ4n) is 2.18. The maximum atomic E-state index is 10.8. The number of carboxylic acids is 5. The molecule has 0 aromatic heterocycles. The molecule has 0 aliphatic rings. The van der Waals surface area contributed by atoms with Crippen LogP contribution in [0.4, 0.5) is 0 Å². The van der Waals surface area contributed by atoms with E-state index in [1.165, 1.54) is 4.90 Å². The molecule has 0 atom stereocenters. The van der Waals surface area contributed by atoms with Crippen molar-refractivity contribution in [3.8, 4) is 0 Å². The molecule has 0 N–H and O–H groups in total. The third-order valence-electron chi connectivity index (χ3n) is 3.23. The molecule has 0 aliphatic heterocycles. The molecule has 13 nitrogen and oxygen atoms in total. The van der Waals surface area contributed by atoms with Gasteiger partial charge in [0.15, 0.2) is 0 Å². The standard InChI is InChI=1S/C14H23N3O10.Zn/c18-10(19)5-15(1-3-16(6-11(20)21)7-12(22)23)2-4-17(8-13(24)25)9-14(26)27;/h1-9H2,(H,18,19)(H,20,21)(H,22,23)(H,24,25)(H,26,27);/q;+2/p-5. The summed E-state index contributed by atoms with van der Waals surface area (Å²) in [4.78, 5) is 56.4. The van der Waals surface area contributed by atoms with Crippen molar-refractivity contribution in [3.05, 3.63) is 0 Å². The van der Waals surface area contributed by atoms with Gasteiger partial charge in [-0.15, -0.1) is 0 Å². The van der Waals surface area contributed by atoms with E-state index in [1.807, 2.05) is 0 Å². The summed E-state index contributed by atoms with van der Waals surface area (Å²) < 4.78 is 0. The maximum absolute atomic E-state index is 10.8. The van der Waals surface area contributed by atoms with Crippen LogP contribution in [0.1, 0.15) is 0 Å². The number of carboxylic acid groups (broad SMARTS) is 5. The van der Waals surface area contributed by atoms with Gasteiger partial charge < -0.3 is 49.5 Å². The van der Waals surface area contributed by atoms with E-state index >= 15 is 0 Å². The Bertz CT molecular complexity index is 487. The van der Waals surface area contributed by atoms with E-state index in [2.05, 4.69) is 0 Å². The molecule has 0 aliphatic carbocycles. The van der Waals surface area contributed by atoms with Gasteiger partial charge in [-0.2, -0.15) is 0 Å². The smallest absolute Gasteiger partial charge is 0.549 e. The first-order valence-corrected chi connectivity index (χ1v) is 7.66. The van der Waals surface area contributed by atoms with Crippen molar-refractivity contribution in [2.75, 3.05) is 58.9 Å². The Morgan fingerprint density at radius 3 is 0.821 bits per heavy atom. The number of nitrogens with zero attached hydrogens (tertiary/aromatic N) is 3. The minimum Gasteiger partial charge on any atom is -0.549 e. The van der Waals surface area contributed by atoms with Crippen LogP contribution in [0, 0.1) is 0 Å². The molecule has 0 radical (unpaired) electrons. The second-order valence-corrected chi connectivity index (χ2v) is 5.56. The van der Waals surface area contributed by atoms with Crippen LogP contribution in [0.25, 0.3) is 0 Å². The van der Waals surface area contributed by atoms with Gasteiger partial charge in [0.05, 0.1) is 29.8 Å². The Labute approximate surface area is 172 Å². The average Bonchev–Trinajstić information content (AvgIpc) is 2.46. The fraction of sp³-hybridized carbons (Fsp3) is 0.643. The van der Waals surface area contributed by atoms with E-state index in [1.54, 1.807) is 0 Å². The van der Waals surface area contributed by atoms with Gasteiger partial charge in [-0.1, -0.05) is 0 Å². The van der Waals surface area contributed by atoms with Gasteiger partial charge in [0.2, 0.25) is 0 Å². The van der Waals surface area contributed by atoms with Gasteiger partial charge in [0.1, 0.15) is 0 Å². The summed E-state index contributed by atoms with van der Waals surface area (Å²) >= 11 is 0. The largest absolute Gasteiger partial charge is 2.00 e. The van der Waals surface area contributed by atoms with Crippen LogP contribution in [0.5, 0.6) is 0 Å². The van der Waals surface area contributed by atoms with Crippen LogP contribution in [0.3, 0.4) is 0 Å². The first-order chi connectivity index (χ1) is 12.5. The Balaban J connectivity index is 0. The van der Waals surface area contributed by atoms with E-state index in [-0.39, 0.29) is 45.7 Å². The third-order valence-corrected chi connectivity index (χ3v) is 3.23. The minimum absolute atomic E-state index is 0. The van der Waals surface area contributed by atoms with Gasteiger partial charge in [-0.3, -0.25) is 14.7 Å². The van der Waals surface area contributed by atoms with Crippen molar-refractivity contribution < 1.29 is 69.0 Å². The van der Waals surface area contributed by atoms with Crippen molar-refractivity contribution in [2.45, 2.75) is 0 Å². The zero-order valence-corrected chi connectivity index (χ0v) is 18.0. The fourth-order valence-corrected chi connectivity index (χ4v) is 2.18. The van der Waals surface area contributed by atoms with Crippen LogP contribution >= 0.6 is 0 Å². The predicted molar refractivity (Wildman–Crippen MR) is 74.4 cm³/mol. The predicted octanol–water partition coefficient (Wildman–Crippen LogP) is -9.36. The molecule has 0 saturated heterocycles. The molecule has 0 saturated carbocycles. The zero-order valence-electron chi connectivity index (χ0n) is 15.0. The van der Waals surface area contributed by atoms with E-state index in [0.29, 0.717) is 0 Å². The van der Waals surface area contributed by atoms with Gasteiger partial charge in [0, 0.05) is 58.9 Å². The number of rotatable bonds is 16. The van der Waals surface area contributed by atoms with Crippen molar-refractivity contribution >= 4 is 29.8 Å². The van der Waals surface area contributed by atoms with Crippen LogP contribution in [-0.2, 0) is 43.5 Å². The molecule has 0 unspecified atom stereocenters. The Kier molecular flexibility index (Phi) is 14.9. The molecule has 0 aromatic carbocycles. The second kappa shape index (κ2) is 14.9. The molecule has 0 heterocycles. The van der Waals surface area contributed by atoms with E-state index in [4.69, 9.17) is 0 Å². The van der Waals surface area contributed by atoms with Gasteiger partial charge in [-0.05, 0) is 0 Å². The number of carbonyl (C=O) groups is 5. The molecular formula is C14H18N3O10Zn-3. The summed E-state index contributed by atoms with van der Waals surface area (Å²) in [5.74, 6) is -7.67. The average molecular weight is 454 g/mol. The maximum Gasteiger partial charge on any atom is 2.00 e. The number of hydrogen-bond donors (Lipinski definition) is 0. The monoisotopic (exact) mass is 452 g/mol. The number of aliphatic carboxylic acids is 5. The number of carbonyl (C=O) groups excluding carboxylic acids is 5. The summed E-state index contributed by atoms with van der Waals surface area (Å²) in [6.45, 7) is -4.16. The van der Waals surface area contributed by atoms with Crippen molar-refractivity contribution in [1.82, 2.24) is 14.7 Å². The van der Waals surface area contributed by atoms with Gasteiger partial charge >= 0.3 is 19.5 Å². The zero-order chi connectivity index (χ0) is 21.0. The van der Waals surface area contributed by atoms with Crippen molar-refractivity contribution in [1.29, 1.82) is 0 Å². The normalized spacial score (nSPS) is 10.7. The first-order valence-electron chi connectivity index (χ1n) is 7.66. The van der Waals surface area contributed by atoms with Crippen LogP contribution < -0.4 is 25.5 Å². The van der Waals surface area contributed by atoms with Crippen LogP contribution in [0.15, 0.2) is 0 Å². The minimum atomic E-state index is -1.54. The molecule has 0 rings (SSSR count). The molecule has 0 aromatic rings. The SMILES string of the molecule is O=C([O-])CN(CCN(CC(=O)[O-])CC(=O)[O-])CCN(CC(=O)[O-])CC(=O)[O-].[Zn+2]. The van der Waals surface area contributed by atoms with E-state index < -0.39 is 62.6 Å². The van der Waals surface area contributed by atoms with Crippen molar-refractivity contribution in [3.63, 3.8) is 0 Å². The topological polar surface area (TPSA) is 210 Å². The summed E-state index contributed by atoms with van der Waals surface area (Å²) in [6, 6.07) is 0. The van der Waals surface area contributed by atoms with Gasteiger partial charge in [0.25, 0.3) is 0 Å². The quantitative estimate of drug-likeness (QED) is 0.199. The summed E-state index contributed by atoms with van der Waals surface area (Å²) in [6.07, 6.45) is 0. The molecule has 0 amide bonds. The molecule has 0 bridgehead atoms. The van der Waals surface area contributed by atoms with E-state index in [0.717, 1.165) is 9.80 Å². The molecule has 0 fully saturated rings. The van der Waals surface area contributed by atoms with Crippen LogP contribution in [0.2, 0.25) is 0 Å². The molecule has 28 heavy (non-hydrogen) atoms. The second-order valence-electron chi connectivity index (χ2n) is 5.56. The molecule has 154 valence electrons. The third kappa shape index (κ3) is 16.1. The molecular weight excluding hydrogens is 436 g/mol. The Hall–Kier alpha value is -2.15. The van der Waals surface area contributed by atoms with E-state index in [9.17, 15) is 49.5 Å². The summed E-state index contributed by atoms with van der Waals surface area (Å²) in [7, 11) is 0. The summed E-state index contributed by atoms with van der Waals surface area (Å²) in [5, 5.41) is 53.3. The molecule has 0 spiro atoms. The Morgan fingerprint density at radius 2 is 0.607 bits per heavy atom. The Morgan fingerprint density at radius 1 is 0.429 bits per heavy atom.